The van der Waals surface area contributed by atoms with Crippen LogP contribution < -0.4 is 0 Å². The quantitative estimate of drug-likeness (QED) is 0.0347. The van der Waals surface area contributed by atoms with E-state index in [-0.39, 0.29) is 32.0 Å². The standard InChI is InChI=1S/C41H74O7/c1-3-5-7-9-11-13-15-17-18-19-21-23-25-27-29-33-40(45)47-35-37(42)36-48-41(46)34-30-32-39(44)38(43)31-28-26-24-22-20-16-14-12-10-8-6-4-2/h12,14,20,22,26,28,37-39,42-44H,3-11,13,15-19,21,23-25,27,29-36H2,1-2H3/b14-12-,22-20-,28-26-/t37-,38?,39?/m1/s1. The highest BCUT2D eigenvalue weighted by molar-refractivity contribution is 5.69. The highest BCUT2D eigenvalue weighted by atomic mass is 16.6. The fourth-order valence-electron chi connectivity index (χ4n) is 5.42. The number of unbranched alkanes of at least 4 members (excludes halogenated alkanes) is 17. The van der Waals surface area contributed by atoms with Gasteiger partial charge in [0, 0.05) is 12.8 Å². The molecule has 0 aromatic heterocycles. The van der Waals surface area contributed by atoms with Crippen molar-refractivity contribution >= 4 is 11.9 Å². The van der Waals surface area contributed by atoms with Crippen molar-refractivity contribution < 1.29 is 34.4 Å². The maximum Gasteiger partial charge on any atom is 0.305 e. The molecule has 0 fully saturated rings. The highest BCUT2D eigenvalue weighted by Gasteiger charge is 2.16. The molecule has 0 amide bonds. The summed E-state index contributed by atoms with van der Waals surface area (Å²) in [6.45, 7) is 4.02. The van der Waals surface area contributed by atoms with Crippen LogP contribution in [-0.4, -0.2) is 58.8 Å². The van der Waals surface area contributed by atoms with Gasteiger partial charge in [0.25, 0.3) is 0 Å². The van der Waals surface area contributed by atoms with E-state index < -0.39 is 24.3 Å². The molecule has 0 spiro atoms. The monoisotopic (exact) mass is 679 g/mol. The van der Waals surface area contributed by atoms with Crippen LogP contribution in [0.25, 0.3) is 0 Å². The largest absolute Gasteiger partial charge is 0.463 e. The van der Waals surface area contributed by atoms with Crippen molar-refractivity contribution in [2.45, 2.75) is 199 Å². The second kappa shape index (κ2) is 36.3. The lowest BCUT2D eigenvalue weighted by atomic mass is 10.0. The summed E-state index contributed by atoms with van der Waals surface area (Å²) in [7, 11) is 0. The van der Waals surface area contributed by atoms with E-state index >= 15 is 0 Å². The lowest BCUT2D eigenvalue weighted by Crippen LogP contribution is -2.26. The van der Waals surface area contributed by atoms with Gasteiger partial charge < -0.3 is 24.8 Å². The van der Waals surface area contributed by atoms with Gasteiger partial charge in [-0.3, -0.25) is 9.59 Å². The summed E-state index contributed by atoms with van der Waals surface area (Å²) in [6, 6.07) is 0. The summed E-state index contributed by atoms with van der Waals surface area (Å²) in [5.41, 5.74) is 0. The first-order valence-corrected chi connectivity index (χ1v) is 19.7. The minimum atomic E-state index is -1.07. The maximum absolute atomic E-state index is 12.0. The molecular weight excluding hydrogens is 604 g/mol. The summed E-state index contributed by atoms with van der Waals surface area (Å²) in [5, 5.41) is 30.4. The average Bonchev–Trinajstić information content (AvgIpc) is 3.08. The first kappa shape index (κ1) is 46.0. The average molecular weight is 679 g/mol. The van der Waals surface area contributed by atoms with Crippen molar-refractivity contribution in [3.05, 3.63) is 36.5 Å². The highest BCUT2D eigenvalue weighted by Crippen LogP contribution is 2.14. The summed E-state index contributed by atoms with van der Waals surface area (Å²) in [5.74, 6) is -0.836. The molecule has 0 aliphatic carbocycles. The van der Waals surface area contributed by atoms with Gasteiger partial charge in [0.1, 0.15) is 19.3 Å². The van der Waals surface area contributed by atoms with Gasteiger partial charge in [-0.15, -0.1) is 0 Å². The number of aliphatic hydroxyl groups excluding tert-OH is 3. The number of allylic oxidation sites excluding steroid dienone is 5. The van der Waals surface area contributed by atoms with E-state index in [1.807, 2.05) is 12.2 Å². The van der Waals surface area contributed by atoms with Crippen molar-refractivity contribution in [1.29, 1.82) is 0 Å². The van der Waals surface area contributed by atoms with Crippen LogP contribution in [0, 0.1) is 0 Å². The lowest BCUT2D eigenvalue weighted by molar-refractivity contribution is -0.152. The molecule has 3 N–H and O–H groups in total. The third-order valence-electron chi connectivity index (χ3n) is 8.58. The maximum atomic E-state index is 12.0. The zero-order chi connectivity index (χ0) is 35.3. The molecule has 0 heterocycles. The molecule has 0 bridgehead atoms. The van der Waals surface area contributed by atoms with Crippen molar-refractivity contribution in [3.63, 3.8) is 0 Å². The smallest absolute Gasteiger partial charge is 0.305 e. The van der Waals surface area contributed by atoms with Crippen LogP contribution in [0.3, 0.4) is 0 Å². The Morgan fingerprint density at radius 2 is 0.917 bits per heavy atom. The third kappa shape index (κ3) is 33.9. The van der Waals surface area contributed by atoms with Crippen LogP contribution in [0.4, 0.5) is 0 Å². The van der Waals surface area contributed by atoms with Gasteiger partial charge in [0.15, 0.2) is 0 Å². The first-order valence-electron chi connectivity index (χ1n) is 19.7. The Morgan fingerprint density at radius 1 is 0.500 bits per heavy atom. The molecule has 7 heteroatoms. The topological polar surface area (TPSA) is 113 Å². The van der Waals surface area contributed by atoms with E-state index in [9.17, 15) is 24.9 Å². The molecule has 0 saturated heterocycles. The Morgan fingerprint density at radius 3 is 1.44 bits per heavy atom. The van der Waals surface area contributed by atoms with E-state index in [0.29, 0.717) is 19.3 Å². The molecule has 280 valence electrons. The van der Waals surface area contributed by atoms with E-state index in [1.165, 1.54) is 96.3 Å². The minimum absolute atomic E-state index is 0.0726. The SMILES string of the molecule is CCCCC/C=C\C/C=C\C/C=C\CC(O)C(O)CCCC(=O)OC[C@H](O)COC(=O)CCCCCCCCCCCCCCCCC. The van der Waals surface area contributed by atoms with Gasteiger partial charge in [-0.2, -0.15) is 0 Å². The van der Waals surface area contributed by atoms with Crippen LogP contribution in [0.5, 0.6) is 0 Å². The van der Waals surface area contributed by atoms with Gasteiger partial charge in [0.2, 0.25) is 0 Å². The molecule has 0 aliphatic heterocycles. The van der Waals surface area contributed by atoms with Crippen LogP contribution in [0.1, 0.15) is 181 Å². The van der Waals surface area contributed by atoms with E-state index in [0.717, 1.165) is 38.5 Å². The molecule has 2 unspecified atom stereocenters. The molecule has 7 nitrogen and oxygen atoms in total. The minimum Gasteiger partial charge on any atom is -0.463 e. The van der Waals surface area contributed by atoms with Gasteiger partial charge in [0.05, 0.1) is 12.2 Å². The van der Waals surface area contributed by atoms with Gasteiger partial charge in [-0.1, -0.05) is 153 Å². The van der Waals surface area contributed by atoms with E-state index in [2.05, 4.69) is 38.2 Å². The fourth-order valence-corrected chi connectivity index (χ4v) is 5.42. The second-order valence-electron chi connectivity index (χ2n) is 13.4. The predicted molar refractivity (Wildman–Crippen MR) is 199 cm³/mol. The number of rotatable bonds is 35. The molecular formula is C41H74O7. The van der Waals surface area contributed by atoms with Crippen LogP contribution in [0.2, 0.25) is 0 Å². The van der Waals surface area contributed by atoms with Crippen molar-refractivity contribution in [2.24, 2.45) is 0 Å². The van der Waals surface area contributed by atoms with Gasteiger partial charge in [-0.25, -0.2) is 0 Å². The summed E-state index contributed by atoms with van der Waals surface area (Å²) in [6.07, 6.45) is 36.6. The number of hydrogen-bond acceptors (Lipinski definition) is 7. The Balaban J connectivity index is 3.67. The van der Waals surface area contributed by atoms with Crippen molar-refractivity contribution in [1.82, 2.24) is 0 Å². The van der Waals surface area contributed by atoms with Gasteiger partial charge >= 0.3 is 11.9 Å². The van der Waals surface area contributed by atoms with Crippen molar-refractivity contribution in [2.75, 3.05) is 13.2 Å². The molecule has 0 aromatic rings. The first-order chi connectivity index (χ1) is 23.4. The van der Waals surface area contributed by atoms with Crippen LogP contribution in [-0.2, 0) is 19.1 Å². The lowest BCUT2D eigenvalue weighted by Gasteiger charge is -2.16. The molecule has 3 atom stereocenters. The predicted octanol–water partition coefficient (Wildman–Crippen LogP) is 10.0. The summed E-state index contributed by atoms with van der Waals surface area (Å²) >= 11 is 0. The number of carbonyl (C=O) groups is 2. The number of aliphatic hydroxyl groups is 3. The van der Waals surface area contributed by atoms with Crippen molar-refractivity contribution in [3.8, 4) is 0 Å². The van der Waals surface area contributed by atoms with Gasteiger partial charge in [-0.05, 0) is 51.4 Å². The van der Waals surface area contributed by atoms with E-state index in [4.69, 9.17) is 9.47 Å². The molecule has 0 aromatic carbocycles. The third-order valence-corrected chi connectivity index (χ3v) is 8.58. The zero-order valence-corrected chi connectivity index (χ0v) is 31.0. The van der Waals surface area contributed by atoms with Crippen LogP contribution in [0.15, 0.2) is 36.5 Å². The summed E-state index contributed by atoms with van der Waals surface area (Å²) in [4.78, 5) is 24.0. The number of ether oxygens (including phenoxy) is 2. The summed E-state index contributed by atoms with van der Waals surface area (Å²) < 4.78 is 10.2. The molecule has 48 heavy (non-hydrogen) atoms. The Kier molecular flexibility index (Phi) is 34.8. The Hall–Kier alpha value is -1.96. The Bertz CT molecular complexity index is 807. The molecule has 0 aliphatic rings. The van der Waals surface area contributed by atoms with E-state index in [1.54, 1.807) is 0 Å². The van der Waals surface area contributed by atoms with Crippen LogP contribution >= 0.6 is 0 Å². The fraction of sp³-hybridized carbons (Fsp3) is 0.805. The number of hydrogen-bond donors (Lipinski definition) is 3. The normalized spacial score (nSPS) is 13.9. The Labute approximate surface area is 294 Å². The number of carbonyl (C=O) groups excluding carboxylic acids is 2. The molecule has 0 radical (unpaired) electrons. The molecule has 0 saturated carbocycles. The molecule has 0 rings (SSSR count). The second-order valence-corrected chi connectivity index (χ2v) is 13.4. The number of esters is 2. The zero-order valence-electron chi connectivity index (χ0n) is 31.0.